The van der Waals surface area contributed by atoms with Gasteiger partial charge in [0.1, 0.15) is 0 Å². The minimum Gasteiger partial charge on any atom is -0.398 e. The number of anilines is 1. The van der Waals surface area contributed by atoms with E-state index < -0.39 is 0 Å². The second-order valence-corrected chi connectivity index (χ2v) is 5.04. The Bertz CT molecular complexity index is 602. The molecule has 0 aliphatic rings. The van der Waals surface area contributed by atoms with Gasteiger partial charge in [-0.05, 0) is 42.8 Å². The third kappa shape index (κ3) is 2.43. The normalized spacial score (nSPS) is 10.8. The third-order valence-corrected chi connectivity index (χ3v) is 3.85. The zero-order chi connectivity index (χ0) is 13.1. The molecule has 5 nitrogen and oxygen atoms in total. The second-order valence-electron chi connectivity index (χ2n) is 4.04. The van der Waals surface area contributed by atoms with Crippen LogP contribution in [0.3, 0.4) is 0 Å². The molecule has 3 N–H and O–H groups in total. The molecule has 0 aliphatic carbocycles. The lowest BCUT2D eigenvalue weighted by molar-refractivity contribution is 0.604. The molecule has 0 fully saturated rings. The fourth-order valence-corrected chi connectivity index (χ4v) is 2.63. The maximum atomic E-state index is 11.6. The summed E-state index contributed by atoms with van der Waals surface area (Å²) in [5.41, 5.74) is 7.47. The van der Waals surface area contributed by atoms with Gasteiger partial charge in [0.25, 0.3) is 0 Å². The standard InChI is InChI=1S/C12H16N4OS/c1-3-7-16-11(17)14-15-12(16)18-10-6-4-5-9(13)8(10)2/h4-6H,3,7,13H2,1-2H3,(H,14,17). The van der Waals surface area contributed by atoms with E-state index in [1.165, 1.54) is 11.8 Å². The SMILES string of the molecule is CCCn1c(Sc2cccc(N)c2C)n[nH]c1=O. The van der Waals surface area contributed by atoms with Crippen molar-refractivity contribution >= 4 is 17.4 Å². The Balaban J connectivity index is 2.34. The van der Waals surface area contributed by atoms with Gasteiger partial charge in [-0.15, -0.1) is 5.10 Å². The summed E-state index contributed by atoms with van der Waals surface area (Å²) < 4.78 is 1.65. The molecule has 0 amide bonds. The molecule has 2 aromatic rings. The average Bonchev–Trinajstić information content (AvgIpc) is 2.68. The van der Waals surface area contributed by atoms with Crippen molar-refractivity contribution < 1.29 is 0 Å². The maximum Gasteiger partial charge on any atom is 0.343 e. The summed E-state index contributed by atoms with van der Waals surface area (Å²) in [5.74, 6) is 0. The zero-order valence-electron chi connectivity index (χ0n) is 10.4. The molecule has 1 aromatic heterocycles. The smallest absolute Gasteiger partial charge is 0.343 e. The number of rotatable bonds is 4. The molecule has 0 bridgehead atoms. The Morgan fingerprint density at radius 2 is 2.28 bits per heavy atom. The number of nitrogens with one attached hydrogen (secondary N) is 1. The highest BCUT2D eigenvalue weighted by atomic mass is 32.2. The van der Waals surface area contributed by atoms with Gasteiger partial charge in [0.2, 0.25) is 0 Å². The van der Waals surface area contributed by atoms with Crippen LogP contribution in [-0.2, 0) is 6.54 Å². The molecule has 0 saturated heterocycles. The van der Waals surface area contributed by atoms with E-state index in [2.05, 4.69) is 10.2 Å². The molecule has 0 spiro atoms. The molecule has 0 radical (unpaired) electrons. The number of H-pyrrole nitrogens is 1. The van der Waals surface area contributed by atoms with Crippen molar-refractivity contribution in [2.24, 2.45) is 0 Å². The fourth-order valence-electron chi connectivity index (χ4n) is 1.64. The van der Waals surface area contributed by atoms with E-state index in [0.29, 0.717) is 11.7 Å². The van der Waals surface area contributed by atoms with Crippen LogP contribution in [0, 0.1) is 6.92 Å². The molecular weight excluding hydrogens is 248 g/mol. The molecule has 0 atom stereocenters. The highest BCUT2D eigenvalue weighted by molar-refractivity contribution is 7.99. The van der Waals surface area contributed by atoms with Gasteiger partial charge < -0.3 is 5.73 Å². The number of hydrogen-bond acceptors (Lipinski definition) is 4. The van der Waals surface area contributed by atoms with Gasteiger partial charge in [0.05, 0.1) is 0 Å². The molecule has 0 aliphatic heterocycles. The fraction of sp³-hybridized carbons (Fsp3) is 0.333. The van der Waals surface area contributed by atoms with Crippen LogP contribution in [-0.4, -0.2) is 14.8 Å². The van der Waals surface area contributed by atoms with Gasteiger partial charge in [-0.1, -0.05) is 13.0 Å². The van der Waals surface area contributed by atoms with Crippen molar-refractivity contribution in [3.63, 3.8) is 0 Å². The van der Waals surface area contributed by atoms with E-state index in [-0.39, 0.29) is 5.69 Å². The molecular formula is C12H16N4OS. The van der Waals surface area contributed by atoms with E-state index in [0.717, 1.165) is 22.6 Å². The minimum absolute atomic E-state index is 0.166. The topological polar surface area (TPSA) is 76.7 Å². The maximum absolute atomic E-state index is 11.6. The lowest BCUT2D eigenvalue weighted by Crippen LogP contribution is -2.17. The quantitative estimate of drug-likeness (QED) is 0.828. The Hall–Kier alpha value is -1.69. The molecule has 2 rings (SSSR count). The summed E-state index contributed by atoms with van der Waals surface area (Å²) in [5, 5.41) is 7.21. The summed E-state index contributed by atoms with van der Waals surface area (Å²) >= 11 is 1.46. The van der Waals surface area contributed by atoms with Gasteiger partial charge >= 0.3 is 5.69 Å². The Kier molecular flexibility index (Phi) is 3.76. The van der Waals surface area contributed by atoms with Crippen LogP contribution < -0.4 is 11.4 Å². The van der Waals surface area contributed by atoms with E-state index in [4.69, 9.17) is 5.73 Å². The molecule has 6 heteroatoms. The number of aromatic nitrogens is 3. The van der Waals surface area contributed by atoms with Crippen LogP contribution in [0.4, 0.5) is 5.69 Å². The van der Waals surface area contributed by atoms with Crippen molar-refractivity contribution in [2.75, 3.05) is 5.73 Å². The third-order valence-electron chi connectivity index (χ3n) is 2.70. The largest absolute Gasteiger partial charge is 0.398 e. The predicted molar refractivity (Wildman–Crippen MR) is 72.9 cm³/mol. The Morgan fingerprint density at radius 3 is 3.00 bits per heavy atom. The molecule has 0 saturated carbocycles. The van der Waals surface area contributed by atoms with Gasteiger partial charge in [-0.3, -0.25) is 4.57 Å². The van der Waals surface area contributed by atoms with Crippen LogP contribution >= 0.6 is 11.8 Å². The van der Waals surface area contributed by atoms with Crippen molar-refractivity contribution in [1.82, 2.24) is 14.8 Å². The number of nitrogen functional groups attached to an aromatic ring is 1. The summed E-state index contributed by atoms with van der Waals surface area (Å²) in [6.07, 6.45) is 0.892. The first-order valence-electron chi connectivity index (χ1n) is 5.81. The Labute approximate surface area is 109 Å². The summed E-state index contributed by atoms with van der Waals surface area (Å²) in [6, 6.07) is 5.74. The van der Waals surface area contributed by atoms with Crippen LogP contribution in [0.1, 0.15) is 18.9 Å². The van der Waals surface area contributed by atoms with Crippen LogP contribution in [0.15, 0.2) is 33.0 Å². The van der Waals surface area contributed by atoms with Gasteiger partial charge in [0.15, 0.2) is 5.16 Å². The van der Waals surface area contributed by atoms with Crippen LogP contribution in [0.2, 0.25) is 0 Å². The molecule has 96 valence electrons. The second kappa shape index (κ2) is 5.30. The molecule has 18 heavy (non-hydrogen) atoms. The molecule has 1 heterocycles. The highest BCUT2D eigenvalue weighted by Gasteiger charge is 2.11. The monoisotopic (exact) mass is 264 g/mol. The Morgan fingerprint density at radius 1 is 1.50 bits per heavy atom. The number of nitrogens with two attached hydrogens (primary N) is 1. The van der Waals surface area contributed by atoms with Crippen molar-refractivity contribution in [1.29, 1.82) is 0 Å². The van der Waals surface area contributed by atoms with Crippen molar-refractivity contribution in [2.45, 2.75) is 36.9 Å². The van der Waals surface area contributed by atoms with Gasteiger partial charge in [-0.25, -0.2) is 9.89 Å². The number of benzene rings is 1. The van der Waals surface area contributed by atoms with Crippen molar-refractivity contribution in [3.05, 3.63) is 34.2 Å². The van der Waals surface area contributed by atoms with Gasteiger partial charge in [-0.2, -0.15) is 0 Å². The van der Waals surface area contributed by atoms with Crippen LogP contribution in [0.25, 0.3) is 0 Å². The summed E-state index contributed by atoms with van der Waals surface area (Å²) in [4.78, 5) is 12.6. The number of aromatic amines is 1. The van der Waals surface area contributed by atoms with E-state index in [9.17, 15) is 4.79 Å². The molecule has 0 unspecified atom stereocenters. The number of nitrogens with zero attached hydrogens (tertiary/aromatic N) is 2. The summed E-state index contributed by atoms with van der Waals surface area (Å²) in [7, 11) is 0. The van der Waals surface area contributed by atoms with Gasteiger partial charge in [0, 0.05) is 17.1 Å². The predicted octanol–water partition coefficient (Wildman–Crippen LogP) is 2.02. The first-order chi connectivity index (χ1) is 8.63. The lowest BCUT2D eigenvalue weighted by Gasteiger charge is -2.07. The highest BCUT2D eigenvalue weighted by Crippen LogP contribution is 2.30. The first kappa shape index (κ1) is 12.8. The molecule has 1 aromatic carbocycles. The average molecular weight is 264 g/mol. The van der Waals surface area contributed by atoms with E-state index >= 15 is 0 Å². The van der Waals surface area contributed by atoms with E-state index in [1.54, 1.807) is 4.57 Å². The van der Waals surface area contributed by atoms with Crippen molar-refractivity contribution in [3.8, 4) is 0 Å². The summed E-state index contributed by atoms with van der Waals surface area (Å²) in [6.45, 7) is 4.66. The lowest BCUT2D eigenvalue weighted by atomic mass is 10.2. The van der Waals surface area contributed by atoms with E-state index in [1.807, 2.05) is 32.0 Å². The minimum atomic E-state index is -0.166. The first-order valence-corrected chi connectivity index (χ1v) is 6.63. The van der Waals surface area contributed by atoms with Crippen LogP contribution in [0.5, 0.6) is 0 Å². The number of hydrogen-bond donors (Lipinski definition) is 2. The zero-order valence-corrected chi connectivity index (χ0v) is 11.3.